The van der Waals surface area contributed by atoms with E-state index in [1.807, 2.05) is 0 Å². The summed E-state index contributed by atoms with van der Waals surface area (Å²) in [7, 11) is -8.08. The Labute approximate surface area is 454 Å². The third-order valence-corrected chi connectivity index (χ3v) is 16.4. The van der Waals surface area contributed by atoms with Gasteiger partial charge in [-0.1, -0.05) is 46.4 Å². The van der Waals surface area contributed by atoms with Gasteiger partial charge in [0.1, 0.15) is 0 Å². The van der Waals surface area contributed by atoms with Gasteiger partial charge in [0.2, 0.25) is 0 Å². The van der Waals surface area contributed by atoms with E-state index in [1.54, 1.807) is 24.3 Å². The van der Waals surface area contributed by atoms with E-state index in [-0.39, 0.29) is 89.7 Å². The second-order valence-corrected chi connectivity index (χ2v) is 23.2. The number of aromatic amines is 2. The van der Waals surface area contributed by atoms with Crippen LogP contribution >= 0.6 is 46.4 Å². The molecule has 392 valence electrons. The van der Waals surface area contributed by atoms with Gasteiger partial charge in [-0.15, -0.1) is 0 Å². The van der Waals surface area contributed by atoms with Crippen molar-refractivity contribution >= 4 is 148 Å². The Morgan fingerprint density at radius 3 is 1.26 bits per heavy atom. The lowest BCUT2D eigenvalue weighted by Crippen LogP contribution is -2.13. The van der Waals surface area contributed by atoms with E-state index < -0.39 is 43.8 Å². The number of anilines is 4. The maximum atomic E-state index is 12.9. The molecular formula is C52H42Cl4N6O12S2. The third-order valence-electron chi connectivity index (χ3n) is 12.8. The number of hydrogen-bond acceptors (Lipinski definition) is 10. The number of benzene rings is 4. The van der Waals surface area contributed by atoms with Crippen LogP contribution in [0.2, 0.25) is 20.1 Å². The van der Waals surface area contributed by atoms with Crippen LogP contribution < -0.4 is 20.1 Å². The molecule has 2 aromatic heterocycles. The number of amides is 2. The van der Waals surface area contributed by atoms with Crippen LogP contribution in [0, 0.1) is 0 Å². The van der Waals surface area contributed by atoms with Crippen molar-refractivity contribution in [2.24, 2.45) is 0 Å². The summed E-state index contributed by atoms with van der Waals surface area (Å²) in [5.74, 6) is -2.93. The van der Waals surface area contributed by atoms with Gasteiger partial charge in [0.15, 0.2) is 11.6 Å². The SMILES string of the molecule is O=C(O)CCc1c(C=C2C(=O)Nc3ccc(NS(=O)(=O)c4cc(Cl)cc(Cl)c4)cc32)[nH]c2c1C(=O)CCC2.O=C(O)CCc1c(C=C2C(=O)Nc3ccc(NS(=O)(=O)c4cc(Cl)cc(Cl)c4)cc32)[nH]c2c1C(=O)CCC2. The molecule has 0 saturated carbocycles. The molecular weight excluding hydrogens is 1110 g/mol. The van der Waals surface area contributed by atoms with Crippen molar-refractivity contribution in [3.05, 3.63) is 149 Å². The van der Waals surface area contributed by atoms with Gasteiger partial charge in [-0.2, -0.15) is 0 Å². The predicted octanol–water partition coefficient (Wildman–Crippen LogP) is 10.3. The van der Waals surface area contributed by atoms with Crippen LogP contribution in [0.5, 0.6) is 0 Å². The minimum atomic E-state index is -4.04. The van der Waals surface area contributed by atoms with Crippen molar-refractivity contribution in [1.29, 1.82) is 0 Å². The maximum absolute atomic E-state index is 12.9. The highest BCUT2D eigenvalue weighted by Crippen LogP contribution is 2.40. The number of aryl methyl sites for hydroxylation is 2. The fraction of sp³-hybridized carbons (Fsp3) is 0.192. The number of hydrogen-bond donors (Lipinski definition) is 8. The monoisotopic (exact) mass is 1150 g/mol. The first-order valence-corrected chi connectivity index (χ1v) is 27.8. The number of rotatable bonds is 14. The molecule has 6 aromatic rings. The molecule has 0 radical (unpaired) electrons. The summed E-state index contributed by atoms with van der Waals surface area (Å²) < 4.78 is 56.7. The molecule has 10 rings (SSSR count). The number of sulfonamides is 2. The zero-order valence-corrected chi connectivity index (χ0v) is 44.1. The van der Waals surface area contributed by atoms with Gasteiger partial charge in [0.25, 0.3) is 31.9 Å². The summed E-state index contributed by atoms with van der Waals surface area (Å²) in [5, 5.41) is 24.6. The van der Waals surface area contributed by atoms with Crippen molar-refractivity contribution in [2.75, 3.05) is 20.1 Å². The maximum Gasteiger partial charge on any atom is 0.303 e. The smallest absolute Gasteiger partial charge is 0.303 e. The van der Waals surface area contributed by atoms with Crippen LogP contribution in [0.25, 0.3) is 23.3 Å². The Hall–Kier alpha value is -7.20. The van der Waals surface area contributed by atoms with Crippen molar-refractivity contribution in [1.82, 2.24) is 9.97 Å². The number of nitrogens with one attached hydrogen (secondary N) is 6. The minimum Gasteiger partial charge on any atom is -0.481 e. The first kappa shape index (κ1) is 53.6. The number of aromatic nitrogens is 2. The Morgan fingerprint density at radius 2 is 0.908 bits per heavy atom. The van der Waals surface area contributed by atoms with Crippen molar-refractivity contribution in [3.63, 3.8) is 0 Å². The quantitative estimate of drug-likeness (QED) is 0.0473. The number of fused-ring (bicyclic) bond motifs is 4. The number of Topliss-reactive ketones (excluding diaryl/α,β-unsaturated/α-hetero) is 2. The van der Waals surface area contributed by atoms with E-state index in [2.05, 4.69) is 30.0 Å². The number of H-pyrrole nitrogens is 2. The molecule has 0 saturated heterocycles. The molecule has 4 aliphatic rings. The normalized spacial score (nSPS) is 15.8. The number of carboxylic acids is 2. The second-order valence-electron chi connectivity index (χ2n) is 18.0. The van der Waals surface area contributed by atoms with Gasteiger partial charge in [-0.05, 0) is 135 Å². The van der Waals surface area contributed by atoms with E-state index >= 15 is 0 Å². The Bertz CT molecular complexity index is 3520. The van der Waals surface area contributed by atoms with Gasteiger partial charge < -0.3 is 30.8 Å². The number of halogens is 4. The Morgan fingerprint density at radius 1 is 0.539 bits per heavy atom. The molecule has 0 fully saturated rings. The Balaban J connectivity index is 0.000000186. The van der Waals surface area contributed by atoms with Crippen molar-refractivity contribution in [3.8, 4) is 0 Å². The van der Waals surface area contributed by atoms with Crippen molar-refractivity contribution < 1.29 is 55.8 Å². The van der Waals surface area contributed by atoms with Crippen molar-refractivity contribution in [2.45, 2.75) is 74.0 Å². The zero-order valence-electron chi connectivity index (χ0n) is 39.5. The highest BCUT2D eigenvalue weighted by Gasteiger charge is 2.32. The molecule has 0 unspecified atom stereocenters. The van der Waals surface area contributed by atoms with E-state index in [9.17, 15) is 55.8 Å². The molecule has 18 nitrogen and oxygen atoms in total. The number of carbonyl (C=O) groups is 6. The molecule has 2 amide bonds. The number of carboxylic acid groups (broad SMARTS) is 2. The first-order valence-electron chi connectivity index (χ1n) is 23.3. The molecule has 0 spiro atoms. The molecule has 8 N–H and O–H groups in total. The molecule has 0 atom stereocenters. The summed E-state index contributed by atoms with van der Waals surface area (Å²) in [4.78, 5) is 79.8. The minimum absolute atomic E-state index is 0.0541. The largest absolute Gasteiger partial charge is 0.481 e. The highest BCUT2D eigenvalue weighted by atomic mass is 35.5. The molecule has 4 aromatic carbocycles. The van der Waals surface area contributed by atoms with Crippen LogP contribution in [-0.2, 0) is 64.9 Å². The van der Waals surface area contributed by atoms with Crippen LogP contribution in [0.4, 0.5) is 22.7 Å². The molecule has 2 aliphatic heterocycles. The fourth-order valence-corrected chi connectivity index (χ4v) is 13.0. The summed E-state index contributed by atoms with van der Waals surface area (Å²) in [5.41, 5.74) is 7.33. The first-order chi connectivity index (χ1) is 36.0. The average molecular weight is 1150 g/mol. The highest BCUT2D eigenvalue weighted by molar-refractivity contribution is 7.93. The molecule has 4 heterocycles. The lowest BCUT2D eigenvalue weighted by Gasteiger charge is -2.11. The summed E-state index contributed by atoms with van der Waals surface area (Å²) in [6.07, 6.45) is 6.50. The molecule has 2 aliphatic carbocycles. The lowest BCUT2D eigenvalue weighted by atomic mass is 9.91. The van der Waals surface area contributed by atoms with Gasteiger partial charge in [0, 0.05) is 114 Å². The fourth-order valence-electron chi connectivity index (χ4n) is 9.49. The standard InChI is InChI=1S/2C26H21Cl2N3O6S/c2*27-13-8-14(28)10-16(9-13)38(36,37)31-15-4-6-20-18(11-15)19(26(35)30-20)12-22-17(5-7-24(33)34)25-21(29-22)2-1-3-23(25)32/h2*4,6,8-12,29,31H,1-3,5,7H2,(H,30,35)(H,33,34). The zero-order chi connectivity index (χ0) is 54.4. The topological polar surface area (TPSA) is 291 Å². The number of aliphatic carboxylic acids is 2. The van der Waals surface area contributed by atoms with E-state index in [0.29, 0.717) is 94.7 Å². The van der Waals surface area contributed by atoms with Crippen LogP contribution in [0.1, 0.15) is 104 Å². The van der Waals surface area contributed by atoms with E-state index in [0.717, 1.165) is 11.4 Å². The predicted molar refractivity (Wildman–Crippen MR) is 288 cm³/mol. The van der Waals surface area contributed by atoms with Gasteiger partial charge in [0.05, 0.1) is 20.9 Å². The number of ketones is 2. The second kappa shape index (κ2) is 21.4. The van der Waals surface area contributed by atoms with Crippen LogP contribution in [-0.4, -0.2) is 72.3 Å². The van der Waals surface area contributed by atoms with Gasteiger partial charge >= 0.3 is 11.9 Å². The van der Waals surface area contributed by atoms with Gasteiger partial charge in [-0.3, -0.25) is 38.2 Å². The van der Waals surface area contributed by atoms with Crippen LogP contribution in [0.3, 0.4) is 0 Å². The lowest BCUT2D eigenvalue weighted by molar-refractivity contribution is -0.138. The van der Waals surface area contributed by atoms with E-state index in [1.165, 1.54) is 60.7 Å². The third kappa shape index (κ3) is 11.5. The summed E-state index contributed by atoms with van der Waals surface area (Å²) in [6.45, 7) is 0. The van der Waals surface area contributed by atoms with Gasteiger partial charge in [-0.25, -0.2) is 16.8 Å². The van der Waals surface area contributed by atoms with E-state index in [4.69, 9.17) is 46.4 Å². The number of carbonyl (C=O) groups excluding carboxylic acids is 4. The van der Waals surface area contributed by atoms with Crippen LogP contribution in [0.15, 0.2) is 82.6 Å². The molecule has 24 heteroatoms. The average Bonchev–Trinajstić information content (AvgIpc) is 4.09. The summed E-state index contributed by atoms with van der Waals surface area (Å²) in [6, 6.07) is 17.1. The summed E-state index contributed by atoms with van der Waals surface area (Å²) >= 11 is 23.8. The Kier molecular flexibility index (Phi) is 15.1. The molecule has 76 heavy (non-hydrogen) atoms. The molecule has 0 bridgehead atoms.